The summed E-state index contributed by atoms with van der Waals surface area (Å²) >= 11 is 6.00. The van der Waals surface area contributed by atoms with Crippen LogP contribution in [0.25, 0.3) is 0 Å². The van der Waals surface area contributed by atoms with E-state index in [1.54, 1.807) is 26.3 Å². The molecule has 1 aromatic heterocycles. The molecule has 0 unspecified atom stereocenters. The van der Waals surface area contributed by atoms with Crippen molar-refractivity contribution in [3.8, 4) is 0 Å². The molecule has 0 aromatic carbocycles. The second kappa shape index (κ2) is 7.18. The van der Waals surface area contributed by atoms with Gasteiger partial charge >= 0.3 is 0 Å². The molecule has 0 fully saturated rings. The van der Waals surface area contributed by atoms with Crippen LogP contribution >= 0.6 is 11.6 Å². The van der Waals surface area contributed by atoms with E-state index in [1.165, 1.54) is 4.90 Å². The smallest absolute Gasteiger partial charge is 0.273 e. The van der Waals surface area contributed by atoms with Crippen molar-refractivity contribution in [1.29, 1.82) is 0 Å². The summed E-state index contributed by atoms with van der Waals surface area (Å²) in [6.45, 7) is 3.68. The van der Waals surface area contributed by atoms with Gasteiger partial charge in [-0.2, -0.15) is 0 Å². The lowest BCUT2D eigenvalue weighted by atomic mass is 10.3. The fraction of sp³-hybridized carbons (Fsp3) is 0.500. The molecule has 0 atom stereocenters. The predicted octanol–water partition coefficient (Wildman–Crippen LogP) is 1.89. The SMILES string of the molecule is CCNc1ccc(Cl)c(C(=O)N(C)CCOC)n1. The monoisotopic (exact) mass is 271 g/mol. The van der Waals surface area contributed by atoms with Gasteiger partial charge < -0.3 is 15.0 Å². The number of nitrogens with one attached hydrogen (secondary N) is 1. The van der Waals surface area contributed by atoms with Gasteiger partial charge in [0.05, 0.1) is 11.6 Å². The predicted molar refractivity (Wildman–Crippen MR) is 72.2 cm³/mol. The molecule has 0 spiro atoms. The van der Waals surface area contributed by atoms with Gasteiger partial charge in [0.15, 0.2) is 0 Å². The maximum absolute atomic E-state index is 12.1. The number of rotatable bonds is 6. The number of pyridine rings is 1. The highest BCUT2D eigenvalue weighted by molar-refractivity contribution is 6.33. The van der Waals surface area contributed by atoms with Crippen molar-refractivity contribution in [2.24, 2.45) is 0 Å². The number of methoxy groups -OCH3 is 1. The molecule has 100 valence electrons. The largest absolute Gasteiger partial charge is 0.383 e. The number of ether oxygens (including phenoxy) is 1. The molecule has 0 aliphatic rings. The topological polar surface area (TPSA) is 54.5 Å². The van der Waals surface area contributed by atoms with Gasteiger partial charge in [-0.25, -0.2) is 4.98 Å². The first-order chi connectivity index (χ1) is 8.60. The van der Waals surface area contributed by atoms with Crippen LogP contribution in [0.2, 0.25) is 5.02 Å². The Morgan fingerprint density at radius 2 is 2.28 bits per heavy atom. The van der Waals surface area contributed by atoms with Gasteiger partial charge in [0.25, 0.3) is 5.91 Å². The first-order valence-corrected chi connectivity index (χ1v) is 6.12. The molecule has 1 heterocycles. The van der Waals surface area contributed by atoms with Crippen molar-refractivity contribution in [2.45, 2.75) is 6.92 Å². The van der Waals surface area contributed by atoms with Gasteiger partial charge in [-0.1, -0.05) is 11.6 Å². The van der Waals surface area contributed by atoms with Crippen molar-refractivity contribution in [2.75, 3.05) is 39.2 Å². The maximum atomic E-state index is 12.1. The van der Waals surface area contributed by atoms with Gasteiger partial charge in [-0.15, -0.1) is 0 Å². The van der Waals surface area contributed by atoms with Crippen LogP contribution in [0.3, 0.4) is 0 Å². The Bertz CT molecular complexity index is 412. The standard InChI is InChI=1S/C12H18ClN3O2/c1-4-14-10-6-5-9(13)11(15-10)12(17)16(2)7-8-18-3/h5-6H,4,7-8H2,1-3H3,(H,14,15). The third kappa shape index (κ3) is 3.85. The number of halogens is 1. The van der Waals surface area contributed by atoms with Crippen molar-refractivity contribution < 1.29 is 9.53 Å². The number of aromatic nitrogens is 1. The van der Waals surface area contributed by atoms with Crippen molar-refractivity contribution in [3.63, 3.8) is 0 Å². The van der Waals surface area contributed by atoms with Crippen LogP contribution in [0.4, 0.5) is 5.82 Å². The van der Waals surface area contributed by atoms with Gasteiger partial charge in [0.2, 0.25) is 0 Å². The molecular weight excluding hydrogens is 254 g/mol. The molecule has 6 heteroatoms. The Balaban J connectivity index is 2.86. The van der Waals surface area contributed by atoms with Crippen LogP contribution in [0.15, 0.2) is 12.1 Å². The first kappa shape index (κ1) is 14.7. The second-order valence-corrected chi connectivity index (χ2v) is 4.18. The van der Waals surface area contributed by atoms with E-state index in [0.29, 0.717) is 24.0 Å². The minimum Gasteiger partial charge on any atom is -0.383 e. The highest BCUT2D eigenvalue weighted by Gasteiger charge is 2.17. The quantitative estimate of drug-likeness (QED) is 0.858. The lowest BCUT2D eigenvalue weighted by Gasteiger charge is -2.17. The third-order valence-corrected chi connectivity index (χ3v) is 2.69. The number of carbonyl (C=O) groups excluding carboxylic acids is 1. The Labute approximate surface area is 112 Å². The molecule has 0 radical (unpaired) electrons. The molecule has 1 rings (SSSR count). The zero-order chi connectivity index (χ0) is 13.5. The van der Waals surface area contributed by atoms with E-state index < -0.39 is 0 Å². The Morgan fingerprint density at radius 3 is 2.89 bits per heavy atom. The van der Waals surface area contributed by atoms with E-state index >= 15 is 0 Å². The summed E-state index contributed by atoms with van der Waals surface area (Å²) in [5.41, 5.74) is 0.258. The zero-order valence-electron chi connectivity index (χ0n) is 10.9. The lowest BCUT2D eigenvalue weighted by molar-refractivity contribution is 0.0739. The molecule has 1 aromatic rings. The van der Waals surface area contributed by atoms with Crippen LogP contribution < -0.4 is 5.32 Å². The molecule has 0 aliphatic carbocycles. The van der Waals surface area contributed by atoms with E-state index in [0.717, 1.165) is 6.54 Å². The summed E-state index contributed by atoms with van der Waals surface area (Å²) in [6, 6.07) is 3.42. The molecule has 1 N–H and O–H groups in total. The van der Waals surface area contributed by atoms with Crippen LogP contribution in [0.5, 0.6) is 0 Å². The highest BCUT2D eigenvalue weighted by Crippen LogP contribution is 2.18. The molecule has 1 amide bonds. The molecule has 0 saturated carbocycles. The number of likely N-dealkylation sites (N-methyl/N-ethyl adjacent to an activating group) is 1. The van der Waals surface area contributed by atoms with E-state index in [2.05, 4.69) is 10.3 Å². The van der Waals surface area contributed by atoms with E-state index in [1.807, 2.05) is 6.92 Å². The summed E-state index contributed by atoms with van der Waals surface area (Å²) in [4.78, 5) is 17.9. The van der Waals surface area contributed by atoms with Crippen LogP contribution in [-0.2, 0) is 4.74 Å². The molecule has 18 heavy (non-hydrogen) atoms. The third-order valence-electron chi connectivity index (χ3n) is 2.38. The minimum atomic E-state index is -0.211. The maximum Gasteiger partial charge on any atom is 0.273 e. The number of hydrogen-bond donors (Lipinski definition) is 1. The van der Waals surface area contributed by atoms with Gasteiger partial charge in [0, 0.05) is 27.2 Å². The second-order valence-electron chi connectivity index (χ2n) is 3.78. The number of amides is 1. The van der Waals surface area contributed by atoms with Gasteiger partial charge in [0.1, 0.15) is 11.5 Å². The zero-order valence-corrected chi connectivity index (χ0v) is 11.6. The Hall–Kier alpha value is -1.33. The summed E-state index contributed by atoms with van der Waals surface area (Å²) in [7, 11) is 3.29. The number of carbonyl (C=O) groups is 1. The van der Waals surface area contributed by atoms with Crippen LogP contribution in [0, 0.1) is 0 Å². The summed E-state index contributed by atoms with van der Waals surface area (Å²) in [6.07, 6.45) is 0. The molecule has 0 saturated heterocycles. The highest BCUT2D eigenvalue weighted by atomic mass is 35.5. The molecule has 0 aliphatic heterocycles. The average molecular weight is 272 g/mol. The number of anilines is 1. The van der Waals surface area contributed by atoms with Crippen molar-refractivity contribution >= 4 is 23.3 Å². The van der Waals surface area contributed by atoms with E-state index in [-0.39, 0.29) is 11.6 Å². The molecular formula is C12H18ClN3O2. The first-order valence-electron chi connectivity index (χ1n) is 5.75. The lowest BCUT2D eigenvalue weighted by Crippen LogP contribution is -2.31. The molecule has 0 bridgehead atoms. The molecule has 5 nitrogen and oxygen atoms in total. The normalized spacial score (nSPS) is 10.2. The number of hydrogen-bond acceptors (Lipinski definition) is 4. The fourth-order valence-electron chi connectivity index (χ4n) is 1.38. The number of nitrogens with zero attached hydrogens (tertiary/aromatic N) is 2. The van der Waals surface area contributed by atoms with Crippen LogP contribution in [0.1, 0.15) is 17.4 Å². The summed E-state index contributed by atoms with van der Waals surface area (Å²) < 4.78 is 4.93. The van der Waals surface area contributed by atoms with E-state index in [9.17, 15) is 4.79 Å². The van der Waals surface area contributed by atoms with Gasteiger partial charge in [-0.05, 0) is 19.1 Å². The van der Waals surface area contributed by atoms with E-state index in [4.69, 9.17) is 16.3 Å². The minimum absolute atomic E-state index is 0.211. The van der Waals surface area contributed by atoms with Crippen molar-refractivity contribution in [1.82, 2.24) is 9.88 Å². The Morgan fingerprint density at radius 1 is 1.56 bits per heavy atom. The van der Waals surface area contributed by atoms with Crippen molar-refractivity contribution in [3.05, 3.63) is 22.8 Å². The average Bonchev–Trinajstić information content (AvgIpc) is 2.37. The van der Waals surface area contributed by atoms with Gasteiger partial charge in [-0.3, -0.25) is 4.79 Å². The van der Waals surface area contributed by atoms with Crippen LogP contribution in [-0.4, -0.2) is 49.6 Å². The Kier molecular flexibility index (Phi) is 5.88. The summed E-state index contributed by atoms with van der Waals surface area (Å²) in [5, 5.41) is 3.40. The summed E-state index contributed by atoms with van der Waals surface area (Å²) in [5.74, 6) is 0.433. The fourth-order valence-corrected chi connectivity index (χ4v) is 1.57.